The van der Waals surface area contributed by atoms with Gasteiger partial charge in [0.05, 0.1) is 17.9 Å². The highest BCUT2D eigenvalue weighted by atomic mass is 32.2. The fourth-order valence-corrected chi connectivity index (χ4v) is 4.63. The van der Waals surface area contributed by atoms with Crippen molar-refractivity contribution in [2.24, 2.45) is 5.41 Å². The molecule has 0 spiro atoms. The zero-order valence-electron chi connectivity index (χ0n) is 10.6. The second kappa shape index (κ2) is 4.58. The fourth-order valence-electron chi connectivity index (χ4n) is 2.78. The molecular formula is C13H14FNO3S. The Morgan fingerprint density at radius 2 is 2.21 bits per heavy atom. The molecule has 102 valence electrons. The number of nitrogens with zero attached hydrogens (tertiary/aromatic N) is 1. The number of ether oxygens (including phenoxy) is 1. The van der Waals surface area contributed by atoms with Crippen molar-refractivity contribution in [2.75, 3.05) is 20.0 Å². The number of hydrogen-bond acceptors (Lipinski definition) is 4. The molecule has 1 aromatic rings. The van der Waals surface area contributed by atoms with E-state index in [1.54, 1.807) is 6.07 Å². The molecule has 19 heavy (non-hydrogen) atoms. The monoisotopic (exact) mass is 283 g/mol. The summed E-state index contributed by atoms with van der Waals surface area (Å²) in [7, 11) is -1.99. The number of halogens is 1. The zero-order valence-corrected chi connectivity index (χ0v) is 11.4. The fraction of sp³-hybridized carbons (Fsp3) is 0.462. The first-order valence-electron chi connectivity index (χ1n) is 5.71. The Morgan fingerprint density at radius 3 is 2.68 bits per heavy atom. The van der Waals surface area contributed by atoms with Crippen LogP contribution < -0.4 is 0 Å². The summed E-state index contributed by atoms with van der Waals surface area (Å²) in [5.74, 6) is -0.982. The van der Waals surface area contributed by atoms with E-state index in [-0.39, 0.29) is 6.61 Å². The third-order valence-electron chi connectivity index (χ3n) is 3.52. The van der Waals surface area contributed by atoms with Gasteiger partial charge in [0, 0.05) is 19.3 Å². The number of benzene rings is 1. The van der Waals surface area contributed by atoms with Gasteiger partial charge in [-0.05, 0) is 17.7 Å². The Morgan fingerprint density at radius 1 is 1.53 bits per heavy atom. The quantitative estimate of drug-likeness (QED) is 0.839. The maximum absolute atomic E-state index is 13.3. The van der Waals surface area contributed by atoms with E-state index in [1.165, 1.54) is 25.3 Å². The van der Waals surface area contributed by atoms with Gasteiger partial charge in [-0.15, -0.1) is 0 Å². The highest BCUT2D eigenvalue weighted by Crippen LogP contribution is 2.62. The summed E-state index contributed by atoms with van der Waals surface area (Å²) >= 11 is 0. The number of sulfone groups is 1. The van der Waals surface area contributed by atoms with E-state index >= 15 is 0 Å². The van der Waals surface area contributed by atoms with Gasteiger partial charge < -0.3 is 4.74 Å². The van der Waals surface area contributed by atoms with Gasteiger partial charge in [0.2, 0.25) is 0 Å². The largest absolute Gasteiger partial charge is 0.383 e. The normalized spacial score (nSPS) is 29.8. The number of rotatable bonds is 4. The van der Waals surface area contributed by atoms with Crippen LogP contribution in [0.25, 0.3) is 0 Å². The van der Waals surface area contributed by atoms with E-state index in [2.05, 4.69) is 6.07 Å². The molecule has 0 saturated heterocycles. The van der Waals surface area contributed by atoms with Crippen LogP contribution in [0.3, 0.4) is 0 Å². The van der Waals surface area contributed by atoms with Crippen molar-refractivity contribution in [1.29, 1.82) is 5.26 Å². The smallest absolute Gasteiger partial charge is 0.152 e. The number of hydrogen-bond donors (Lipinski definition) is 0. The van der Waals surface area contributed by atoms with Crippen molar-refractivity contribution >= 4 is 9.84 Å². The summed E-state index contributed by atoms with van der Waals surface area (Å²) in [5.41, 5.74) is -0.593. The molecule has 1 aliphatic carbocycles. The summed E-state index contributed by atoms with van der Waals surface area (Å²) in [6.45, 7) is 0.0163. The first kappa shape index (κ1) is 14.0. The van der Waals surface area contributed by atoms with Crippen LogP contribution in [-0.4, -0.2) is 33.6 Å². The molecule has 0 heterocycles. The minimum atomic E-state index is -3.41. The van der Waals surface area contributed by atoms with Gasteiger partial charge in [0.1, 0.15) is 11.2 Å². The standard InChI is InChI=1S/C13H14FNO3S/c1-18-8-13(7-15)11(12(13)19(2,16)17)9-4-3-5-10(14)6-9/h3-6,11-12H,8H2,1-2H3/t11-,12-,13-/m0/s1. The Kier molecular flexibility index (Phi) is 3.37. The molecule has 1 saturated carbocycles. The Bertz CT molecular complexity index is 638. The molecule has 4 nitrogen and oxygen atoms in total. The van der Waals surface area contributed by atoms with E-state index in [4.69, 9.17) is 4.74 Å². The van der Waals surface area contributed by atoms with E-state index in [0.29, 0.717) is 5.56 Å². The third-order valence-corrected chi connectivity index (χ3v) is 5.13. The van der Waals surface area contributed by atoms with Crippen molar-refractivity contribution in [3.63, 3.8) is 0 Å². The van der Waals surface area contributed by atoms with Crippen molar-refractivity contribution in [3.8, 4) is 6.07 Å². The summed E-state index contributed by atoms with van der Waals surface area (Å²) in [4.78, 5) is 0. The van der Waals surface area contributed by atoms with Crippen molar-refractivity contribution < 1.29 is 17.5 Å². The average molecular weight is 283 g/mol. The molecule has 2 rings (SSSR count). The SMILES string of the molecule is COC[C@@]1(C#N)[C@@H](c2cccc(F)c2)[C@@H]1S(C)(=O)=O. The van der Waals surface area contributed by atoms with Crippen LogP contribution in [-0.2, 0) is 14.6 Å². The van der Waals surface area contributed by atoms with Crippen LogP contribution in [0.15, 0.2) is 24.3 Å². The van der Waals surface area contributed by atoms with Gasteiger partial charge in [-0.1, -0.05) is 12.1 Å². The van der Waals surface area contributed by atoms with E-state index in [1.807, 2.05) is 0 Å². The second-order valence-corrected chi connectivity index (χ2v) is 7.03. The van der Waals surface area contributed by atoms with Crippen LogP contribution in [0.5, 0.6) is 0 Å². The number of methoxy groups -OCH3 is 1. The molecular weight excluding hydrogens is 269 g/mol. The maximum Gasteiger partial charge on any atom is 0.152 e. The second-order valence-electron chi connectivity index (χ2n) is 4.87. The Labute approximate surface area is 111 Å². The predicted molar refractivity (Wildman–Crippen MR) is 67.7 cm³/mol. The van der Waals surface area contributed by atoms with Gasteiger partial charge >= 0.3 is 0 Å². The van der Waals surface area contributed by atoms with E-state index in [0.717, 1.165) is 6.26 Å². The molecule has 1 fully saturated rings. The van der Waals surface area contributed by atoms with Crippen LogP contribution in [0.4, 0.5) is 4.39 Å². The molecule has 0 amide bonds. The summed E-state index contributed by atoms with van der Waals surface area (Å²) in [6, 6.07) is 7.76. The number of nitriles is 1. The van der Waals surface area contributed by atoms with Gasteiger partial charge in [-0.2, -0.15) is 5.26 Å². The van der Waals surface area contributed by atoms with Gasteiger partial charge in [-0.25, -0.2) is 12.8 Å². The molecule has 0 N–H and O–H groups in total. The molecule has 0 radical (unpaired) electrons. The molecule has 1 aromatic carbocycles. The minimum absolute atomic E-state index is 0.0163. The van der Waals surface area contributed by atoms with E-state index in [9.17, 15) is 18.1 Å². The van der Waals surface area contributed by atoms with E-state index < -0.39 is 32.2 Å². The van der Waals surface area contributed by atoms with Gasteiger partial charge in [-0.3, -0.25) is 0 Å². The van der Waals surface area contributed by atoms with Crippen molar-refractivity contribution in [1.82, 2.24) is 0 Å². The lowest BCUT2D eigenvalue weighted by Gasteiger charge is -2.06. The topological polar surface area (TPSA) is 67.2 Å². The van der Waals surface area contributed by atoms with Crippen molar-refractivity contribution in [3.05, 3.63) is 35.6 Å². The van der Waals surface area contributed by atoms with Crippen LogP contribution >= 0.6 is 0 Å². The van der Waals surface area contributed by atoms with Crippen LogP contribution in [0, 0.1) is 22.6 Å². The first-order chi connectivity index (χ1) is 8.86. The predicted octanol–water partition coefficient (Wildman–Crippen LogP) is 1.49. The summed E-state index contributed by atoms with van der Waals surface area (Å²) in [6.07, 6.45) is 1.10. The minimum Gasteiger partial charge on any atom is -0.383 e. The molecule has 0 bridgehead atoms. The Hall–Kier alpha value is -1.45. The zero-order chi connectivity index (χ0) is 14.3. The molecule has 0 aliphatic heterocycles. The van der Waals surface area contributed by atoms with Crippen LogP contribution in [0.2, 0.25) is 0 Å². The highest BCUT2D eigenvalue weighted by Gasteiger charge is 2.71. The average Bonchev–Trinajstić information content (AvgIpc) is 2.99. The van der Waals surface area contributed by atoms with Crippen LogP contribution in [0.1, 0.15) is 11.5 Å². The highest BCUT2D eigenvalue weighted by molar-refractivity contribution is 7.91. The summed E-state index contributed by atoms with van der Waals surface area (Å²) in [5, 5.41) is 8.49. The lowest BCUT2D eigenvalue weighted by Crippen LogP contribution is -2.17. The lowest BCUT2D eigenvalue weighted by molar-refractivity contribution is 0.162. The summed E-state index contributed by atoms with van der Waals surface area (Å²) < 4.78 is 41.9. The van der Waals surface area contributed by atoms with Crippen molar-refractivity contribution in [2.45, 2.75) is 11.2 Å². The molecule has 0 unspecified atom stereocenters. The lowest BCUT2D eigenvalue weighted by atomic mass is 10.0. The van der Waals surface area contributed by atoms with Gasteiger partial charge in [0.15, 0.2) is 9.84 Å². The Balaban J connectivity index is 2.48. The van der Waals surface area contributed by atoms with Gasteiger partial charge in [0.25, 0.3) is 0 Å². The molecule has 3 atom stereocenters. The maximum atomic E-state index is 13.3. The first-order valence-corrected chi connectivity index (χ1v) is 7.67. The molecule has 6 heteroatoms. The molecule has 0 aromatic heterocycles. The molecule has 1 aliphatic rings. The third kappa shape index (κ3) is 2.24.